The van der Waals surface area contributed by atoms with E-state index in [4.69, 9.17) is 0 Å². The highest BCUT2D eigenvalue weighted by Crippen LogP contribution is 2.33. The van der Waals surface area contributed by atoms with Crippen LogP contribution in [0, 0.1) is 5.92 Å². The van der Waals surface area contributed by atoms with E-state index >= 15 is 0 Å². The maximum absolute atomic E-state index is 3.27. The van der Waals surface area contributed by atoms with Crippen LogP contribution in [0.5, 0.6) is 0 Å². The molecule has 8 heavy (non-hydrogen) atoms. The summed E-state index contributed by atoms with van der Waals surface area (Å²) in [7, 11) is 4.31. The van der Waals surface area contributed by atoms with Gasteiger partial charge in [0.2, 0.25) is 0 Å². The van der Waals surface area contributed by atoms with Crippen molar-refractivity contribution in [3.63, 3.8) is 0 Å². The average Bonchev–Trinajstić information content (AvgIpc) is 2.48. The Labute approximate surface area is 52.3 Å². The molecule has 1 nitrogen and oxygen atoms in total. The molecule has 1 rings (SSSR count). The molecule has 1 fully saturated rings. The second kappa shape index (κ2) is 2.54. The Kier molecular flexibility index (Phi) is 1.95. The molecule has 1 aliphatic carbocycles. The van der Waals surface area contributed by atoms with Crippen molar-refractivity contribution in [3.05, 3.63) is 0 Å². The summed E-state index contributed by atoms with van der Waals surface area (Å²) in [4.78, 5) is 0. The Morgan fingerprint density at radius 1 is 1.75 bits per heavy atom. The van der Waals surface area contributed by atoms with Crippen LogP contribution in [-0.2, 0) is 0 Å². The topological polar surface area (TPSA) is 12.0 Å². The maximum Gasteiger partial charge on any atom is 0.101 e. The van der Waals surface area contributed by atoms with E-state index in [1.165, 1.54) is 19.2 Å². The van der Waals surface area contributed by atoms with E-state index in [0.717, 1.165) is 12.0 Å². The van der Waals surface area contributed by atoms with E-state index in [-0.39, 0.29) is 0 Å². The van der Waals surface area contributed by atoms with Gasteiger partial charge in [-0.1, -0.05) is 12.7 Å². The van der Waals surface area contributed by atoms with Gasteiger partial charge in [-0.05, 0) is 19.4 Å². The van der Waals surface area contributed by atoms with Crippen LogP contribution in [0.3, 0.4) is 0 Å². The van der Waals surface area contributed by atoms with Gasteiger partial charge in [-0.2, -0.15) is 0 Å². The summed E-state index contributed by atoms with van der Waals surface area (Å²) in [5.74, 6) is 1.02. The smallest absolute Gasteiger partial charge is 0.101 e. The van der Waals surface area contributed by atoms with Crippen molar-refractivity contribution in [1.29, 1.82) is 0 Å². The van der Waals surface area contributed by atoms with Crippen LogP contribution >= 0.6 is 0 Å². The van der Waals surface area contributed by atoms with Crippen molar-refractivity contribution in [3.8, 4) is 0 Å². The zero-order valence-electron chi connectivity index (χ0n) is 5.78. The van der Waals surface area contributed by atoms with Gasteiger partial charge in [0.25, 0.3) is 0 Å². The highest BCUT2D eigenvalue weighted by Gasteiger charge is 2.33. The fourth-order valence-electron chi connectivity index (χ4n) is 1.29. The highest BCUT2D eigenvalue weighted by molar-refractivity contribution is 6.08. The molecule has 0 radical (unpaired) electrons. The lowest BCUT2D eigenvalue weighted by Crippen LogP contribution is -2.10. The van der Waals surface area contributed by atoms with E-state index in [0.29, 0.717) is 0 Å². The zero-order valence-corrected chi connectivity index (χ0v) is 5.78. The lowest BCUT2D eigenvalue weighted by Gasteiger charge is -1.92. The molecular formula is C6H14BN. The van der Waals surface area contributed by atoms with Gasteiger partial charge in [-0.3, -0.25) is 0 Å². The molecule has 2 atom stereocenters. The van der Waals surface area contributed by atoms with Gasteiger partial charge in [0.15, 0.2) is 0 Å². The van der Waals surface area contributed by atoms with Crippen LogP contribution in [0.25, 0.3) is 0 Å². The Balaban J connectivity index is 1.99. The van der Waals surface area contributed by atoms with Gasteiger partial charge in [-0.15, -0.1) is 0 Å². The quantitative estimate of drug-likeness (QED) is 0.507. The van der Waals surface area contributed by atoms with E-state index in [1.807, 2.05) is 0 Å². The number of nitrogens with one attached hydrogen (secondary N) is 1. The van der Waals surface area contributed by atoms with E-state index in [1.54, 1.807) is 0 Å². The third kappa shape index (κ3) is 1.25. The number of rotatable bonds is 3. The molecule has 1 N–H and O–H groups in total. The first-order valence-electron chi connectivity index (χ1n) is 3.55. The summed E-state index contributed by atoms with van der Waals surface area (Å²) in [6.45, 7) is 0. The second-order valence-electron chi connectivity index (χ2n) is 2.68. The highest BCUT2D eigenvalue weighted by atomic mass is 14.9. The van der Waals surface area contributed by atoms with E-state index in [2.05, 4.69) is 20.2 Å². The minimum atomic E-state index is 0.870. The van der Waals surface area contributed by atoms with Crippen molar-refractivity contribution in [1.82, 2.24) is 5.32 Å². The largest absolute Gasteiger partial charge is 0.317 e. The molecule has 0 bridgehead atoms. The Morgan fingerprint density at radius 2 is 2.50 bits per heavy atom. The fourth-order valence-corrected chi connectivity index (χ4v) is 1.29. The summed E-state index contributed by atoms with van der Waals surface area (Å²) in [6.07, 6.45) is 4.19. The molecule has 0 saturated heterocycles. The lowest BCUT2D eigenvalue weighted by molar-refractivity contribution is 0.687. The van der Waals surface area contributed by atoms with Crippen LogP contribution in [0.4, 0.5) is 0 Å². The summed E-state index contributed by atoms with van der Waals surface area (Å²) >= 11 is 0. The minimum Gasteiger partial charge on any atom is -0.317 e. The molecule has 1 saturated carbocycles. The molecule has 0 spiro atoms. The Bertz CT molecular complexity index is 74.9. The maximum atomic E-state index is 3.27. The standard InChI is InChI=1S/C6H14BN/c1-8-6-4-5(6)2-3-7/h5-6,8H,2-4,7H2,1H3. The monoisotopic (exact) mass is 111 g/mol. The predicted molar refractivity (Wildman–Crippen MR) is 38.9 cm³/mol. The molecule has 0 amide bonds. The molecule has 46 valence electrons. The van der Waals surface area contributed by atoms with Gasteiger partial charge in [0, 0.05) is 6.04 Å². The average molecular weight is 111 g/mol. The van der Waals surface area contributed by atoms with Gasteiger partial charge in [0.05, 0.1) is 0 Å². The molecule has 1 aliphatic rings. The van der Waals surface area contributed by atoms with Crippen LogP contribution in [-0.4, -0.2) is 20.9 Å². The SMILES string of the molecule is BCCC1CC1NC. The van der Waals surface area contributed by atoms with E-state index < -0.39 is 0 Å². The van der Waals surface area contributed by atoms with Gasteiger partial charge in [0.1, 0.15) is 7.85 Å². The first-order chi connectivity index (χ1) is 3.88. The van der Waals surface area contributed by atoms with Crippen molar-refractivity contribution in [2.24, 2.45) is 5.92 Å². The molecule has 0 aliphatic heterocycles. The van der Waals surface area contributed by atoms with Gasteiger partial charge < -0.3 is 5.32 Å². The Morgan fingerprint density at radius 3 is 2.88 bits per heavy atom. The van der Waals surface area contributed by atoms with Gasteiger partial charge >= 0.3 is 0 Å². The molecule has 0 heterocycles. The fraction of sp³-hybridized carbons (Fsp3) is 1.00. The molecule has 2 heteroatoms. The first-order valence-corrected chi connectivity index (χ1v) is 3.55. The summed E-state index contributed by atoms with van der Waals surface area (Å²) in [6, 6.07) is 0.870. The molecule has 0 aromatic carbocycles. The number of hydrogen-bond acceptors (Lipinski definition) is 1. The van der Waals surface area contributed by atoms with Crippen molar-refractivity contribution >= 4 is 7.85 Å². The lowest BCUT2D eigenvalue weighted by atomic mass is 9.99. The second-order valence-corrected chi connectivity index (χ2v) is 2.68. The predicted octanol–water partition coefficient (Wildman–Crippen LogP) is 0.0358. The summed E-state index contributed by atoms with van der Waals surface area (Å²) < 4.78 is 0. The van der Waals surface area contributed by atoms with Crippen molar-refractivity contribution in [2.75, 3.05) is 7.05 Å². The zero-order chi connectivity index (χ0) is 5.98. The first kappa shape index (κ1) is 6.15. The van der Waals surface area contributed by atoms with Crippen LogP contribution in [0.2, 0.25) is 6.32 Å². The number of hydrogen-bond donors (Lipinski definition) is 1. The van der Waals surface area contributed by atoms with Gasteiger partial charge in [-0.25, -0.2) is 0 Å². The minimum absolute atomic E-state index is 0.870. The molecule has 0 aromatic rings. The molecular weight excluding hydrogens is 96.9 g/mol. The third-order valence-corrected chi connectivity index (χ3v) is 1.95. The summed E-state index contributed by atoms with van der Waals surface area (Å²) in [5.41, 5.74) is 0. The van der Waals surface area contributed by atoms with Crippen molar-refractivity contribution in [2.45, 2.75) is 25.2 Å². The Hall–Kier alpha value is 0.0249. The molecule has 2 unspecified atom stereocenters. The molecule has 0 aromatic heterocycles. The van der Waals surface area contributed by atoms with Crippen LogP contribution in [0.1, 0.15) is 12.8 Å². The van der Waals surface area contributed by atoms with E-state index in [9.17, 15) is 0 Å². The van der Waals surface area contributed by atoms with Crippen LogP contribution in [0.15, 0.2) is 0 Å². The normalized spacial score (nSPS) is 35.1. The van der Waals surface area contributed by atoms with Crippen LogP contribution < -0.4 is 5.32 Å². The third-order valence-electron chi connectivity index (χ3n) is 1.95. The van der Waals surface area contributed by atoms with Crippen molar-refractivity contribution < 1.29 is 0 Å². The summed E-state index contributed by atoms with van der Waals surface area (Å²) in [5, 5.41) is 3.27.